The molecule has 0 saturated carbocycles. The van der Waals surface area contributed by atoms with Crippen LogP contribution in [-0.4, -0.2) is 0 Å². The molecule has 1 N–H and O–H groups in total. The standard InChI is InChI=1S/C13H6ClF6N/c14-7-3-6(15)2-1-5(7)4-21-13-11(19)9(17)8(16)10(18)12(13)20/h1-3,21H,4H2. The molecule has 0 unspecified atom stereocenters. The van der Waals surface area contributed by atoms with E-state index in [-0.39, 0.29) is 17.1 Å². The molecule has 2 aromatic rings. The van der Waals surface area contributed by atoms with Crippen LogP contribution in [-0.2, 0) is 6.54 Å². The number of hydrogen-bond acceptors (Lipinski definition) is 1. The zero-order valence-corrected chi connectivity index (χ0v) is 10.8. The second-order valence-corrected chi connectivity index (χ2v) is 4.44. The van der Waals surface area contributed by atoms with Crippen molar-refractivity contribution in [2.24, 2.45) is 0 Å². The molecule has 0 atom stereocenters. The van der Waals surface area contributed by atoms with Gasteiger partial charge in [0.25, 0.3) is 0 Å². The van der Waals surface area contributed by atoms with Gasteiger partial charge in [-0.15, -0.1) is 0 Å². The van der Waals surface area contributed by atoms with Crippen molar-refractivity contribution < 1.29 is 26.3 Å². The van der Waals surface area contributed by atoms with Gasteiger partial charge in [0, 0.05) is 11.6 Å². The molecule has 0 spiro atoms. The normalized spacial score (nSPS) is 10.8. The van der Waals surface area contributed by atoms with Crippen molar-refractivity contribution in [2.45, 2.75) is 6.54 Å². The lowest BCUT2D eigenvalue weighted by molar-refractivity contribution is 0.381. The molecule has 0 amide bonds. The molecule has 0 aliphatic rings. The van der Waals surface area contributed by atoms with E-state index < -0.39 is 40.6 Å². The molecule has 2 aromatic carbocycles. The summed E-state index contributed by atoms with van der Waals surface area (Å²) in [5.41, 5.74) is -0.950. The van der Waals surface area contributed by atoms with E-state index in [0.29, 0.717) is 0 Å². The van der Waals surface area contributed by atoms with Gasteiger partial charge in [-0.25, -0.2) is 26.3 Å². The third kappa shape index (κ3) is 2.92. The molecule has 0 bridgehead atoms. The third-order valence-corrected chi connectivity index (χ3v) is 3.03. The summed E-state index contributed by atoms with van der Waals surface area (Å²) in [7, 11) is 0. The van der Waals surface area contributed by atoms with Crippen molar-refractivity contribution >= 4 is 17.3 Å². The molecule has 0 heterocycles. The quantitative estimate of drug-likeness (QED) is 0.486. The average Bonchev–Trinajstić information content (AvgIpc) is 2.45. The highest BCUT2D eigenvalue weighted by Crippen LogP contribution is 2.28. The van der Waals surface area contributed by atoms with Gasteiger partial charge in [0.15, 0.2) is 23.3 Å². The Hall–Kier alpha value is -1.89. The van der Waals surface area contributed by atoms with Gasteiger partial charge in [0.2, 0.25) is 5.82 Å². The minimum absolute atomic E-state index is 0.0497. The van der Waals surface area contributed by atoms with Crippen LogP contribution < -0.4 is 5.32 Å². The van der Waals surface area contributed by atoms with Gasteiger partial charge >= 0.3 is 0 Å². The Morgan fingerprint density at radius 2 is 1.33 bits per heavy atom. The molecular formula is C13H6ClF6N. The van der Waals surface area contributed by atoms with Gasteiger partial charge in [0.05, 0.1) is 0 Å². The van der Waals surface area contributed by atoms with E-state index in [1.54, 1.807) is 0 Å². The fourth-order valence-corrected chi connectivity index (χ4v) is 1.84. The molecule has 112 valence electrons. The number of nitrogens with one attached hydrogen (secondary N) is 1. The highest BCUT2D eigenvalue weighted by Gasteiger charge is 2.25. The smallest absolute Gasteiger partial charge is 0.200 e. The van der Waals surface area contributed by atoms with Gasteiger partial charge < -0.3 is 5.32 Å². The summed E-state index contributed by atoms with van der Waals surface area (Å²) in [6.07, 6.45) is 0. The van der Waals surface area contributed by atoms with Crippen molar-refractivity contribution in [1.82, 2.24) is 0 Å². The van der Waals surface area contributed by atoms with Gasteiger partial charge in [-0.2, -0.15) is 0 Å². The van der Waals surface area contributed by atoms with Gasteiger partial charge in [-0.3, -0.25) is 0 Å². The largest absolute Gasteiger partial charge is 0.376 e. The van der Waals surface area contributed by atoms with Crippen molar-refractivity contribution in [2.75, 3.05) is 5.32 Å². The Morgan fingerprint density at radius 1 is 0.810 bits per heavy atom. The second-order valence-electron chi connectivity index (χ2n) is 4.03. The minimum atomic E-state index is -2.24. The van der Waals surface area contributed by atoms with E-state index in [1.165, 1.54) is 6.07 Å². The first-order valence-corrected chi connectivity index (χ1v) is 5.90. The predicted octanol–water partition coefficient (Wildman–Crippen LogP) is 4.79. The highest BCUT2D eigenvalue weighted by atomic mass is 35.5. The second kappa shape index (κ2) is 5.85. The monoisotopic (exact) mass is 325 g/mol. The molecule has 0 aliphatic carbocycles. The van der Waals surface area contributed by atoms with Gasteiger partial charge in [-0.05, 0) is 17.7 Å². The van der Waals surface area contributed by atoms with E-state index in [2.05, 4.69) is 5.32 Å². The fourth-order valence-electron chi connectivity index (χ4n) is 1.61. The molecule has 0 fully saturated rings. The molecular weight excluding hydrogens is 320 g/mol. The molecule has 0 radical (unpaired) electrons. The van der Waals surface area contributed by atoms with E-state index in [9.17, 15) is 26.3 Å². The molecule has 21 heavy (non-hydrogen) atoms. The molecule has 0 aliphatic heterocycles. The van der Waals surface area contributed by atoms with E-state index in [0.717, 1.165) is 12.1 Å². The first-order valence-electron chi connectivity index (χ1n) is 5.52. The lowest BCUT2D eigenvalue weighted by Crippen LogP contribution is -2.10. The summed E-state index contributed by atoms with van der Waals surface area (Å²) >= 11 is 5.69. The zero-order valence-electron chi connectivity index (χ0n) is 10.1. The van der Waals surface area contributed by atoms with E-state index in [1.807, 2.05) is 0 Å². The lowest BCUT2D eigenvalue weighted by Gasteiger charge is -2.11. The summed E-state index contributed by atoms with van der Waals surface area (Å²) < 4.78 is 78.4. The Labute approximate surface area is 120 Å². The van der Waals surface area contributed by atoms with Crippen LogP contribution in [0, 0.1) is 34.9 Å². The highest BCUT2D eigenvalue weighted by molar-refractivity contribution is 6.31. The number of rotatable bonds is 3. The summed E-state index contributed by atoms with van der Waals surface area (Å²) in [4.78, 5) is 0. The number of halogens is 7. The summed E-state index contributed by atoms with van der Waals surface area (Å²) in [5.74, 6) is -10.9. The Balaban J connectivity index is 2.32. The molecule has 0 aromatic heterocycles. The van der Waals surface area contributed by atoms with Crippen molar-refractivity contribution in [1.29, 1.82) is 0 Å². The molecule has 8 heteroatoms. The van der Waals surface area contributed by atoms with Crippen LogP contribution in [0.25, 0.3) is 0 Å². The number of benzene rings is 2. The first-order chi connectivity index (χ1) is 9.82. The Morgan fingerprint density at radius 3 is 1.86 bits per heavy atom. The maximum Gasteiger partial charge on any atom is 0.200 e. The third-order valence-electron chi connectivity index (χ3n) is 2.68. The van der Waals surface area contributed by atoms with Gasteiger partial charge in [-0.1, -0.05) is 17.7 Å². The maximum absolute atomic E-state index is 13.4. The fraction of sp³-hybridized carbons (Fsp3) is 0.0769. The van der Waals surface area contributed by atoms with Crippen LogP contribution >= 0.6 is 11.6 Å². The van der Waals surface area contributed by atoms with Crippen LogP contribution in [0.5, 0.6) is 0 Å². The van der Waals surface area contributed by atoms with Crippen molar-refractivity contribution in [3.05, 3.63) is 63.7 Å². The van der Waals surface area contributed by atoms with Crippen molar-refractivity contribution in [3.8, 4) is 0 Å². The molecule has 0 saturated heterocycles. The van der Waals surface area contributed by atoms with Crippen LogP contribution in [0.15, 0.2) is 18.2 Å². The van der Waals surface area contributed by atoms with Crippen LogP contribution in [0.2, 0.25) is 5.02 Å². The zero-order chi connectivity index (χ0) is 15.7. The average molecular weight is 326 g/mol. The van der Waals surface area contributed by atoms with Crippen molar-refractivity contribution in [3.63, 3.8) is 0 Å². The maximum atomic E-state index is 13.4. The summed E-state index contributed by atoms with van der Waals surface area (Å²) in [6, 6.07) is 3.22. The summed E-state index contributed by atoms with van der Waals surface area (Å²) in [6.45, 7) is -0.350. The lowest BCUT2D eigenvalue weighted by atomic mass is 10.2. The SMILES string of the molecule is Fc1ccc(CNc2c(F)c(F)c(F)c(F)c2F)c(Cl)c1. The predicted molar refractivity (Wildman–Crippen MR) is 65.0 cm³/mol. The Kier molecular flexibility index (Phi) is 4.32. The topological polar surface area (TPSA) is 12.0 Å². The Bertz CT molecular complexity index is 675. The first kappa shape index (κ1) is 15.5. The van der Waals surface area contributed by atoms with Crippen LogP contribution in [0.3, 0.4) is 0 Å². The molecule has 2 rings (SSSR count). The molecule has 1 nitrogen and oxygen atoms in total. The van der Waals surface area contributed by atoms with E-state index >= 15 is 0 Å². The van der Waals surface area contributed by atoms with Crippen LogP contribution in [0.4, 0.5) is 32.0 Å². The summed E-state index contributed by atoms with van der Waals surface area (Å²) in [5, 5.41) is 2.01. The minimum Gasteiger partial charge on any atom is -0.376 e. The number of hydrogen-bond donors (Lipinski definition) is 1. The van der Waals surface area contributed by atoms with Gasteiger partial charge in [0.1, 0.15) is 11.5 Å². The number of anilines is 1. The van der Waals surface area contributed by atoms with E-state index in [4.69, 9.17) is 11.6 Å². The van der Waals surface area contributed by atoms with Crippen LogP contribution in [0.1, 0.15) is 5.56 Å².